The number of hydrogen-bond acceptors (Lipinski definition) is 5. The van der Waals surface area contributed by atoms with Crippen LogP contribution in [0, 0.1) is 0 Å². The van der Waals surface area contributed by atoms with Gasteiger partial charge < -0.3 is 15.0 Å². The number of carboxylic acid groups (broad SMARTS) is 1. The minimum Gasteiger partial charge on any atom is -0.476 e. The van der Waals surface area contributed by atoms with Gasteiger partial charge in [0.1, 0.15) is 6.33 Å². The Kier molecular flexibility index (Phi) is 3.22. The molecule has 0 aliphatic rings. The lowest BCUT2D eigenvalue weighted by Gasteiger charge is -2.15. The molecular weight excluding hydrogens is 234 g/mol. The molecule has 0 saturated heterocycles. The Balaban J connectivity index is 2.25. The molecule has 0 aromatic carbocycles. The molecule has 0 radical (unpaired) electrons. The van der Waals surface area contributed by atoms with E-state index in [0.717, 1.165) is 5.82 Å². The molecule has 2 rings (SSSR count). The van der Waals surface area contributed by atoms with Crippen molar-refractivity contribution in [2.24, 2.45) is 7.05 Å². The van der Waals surface area contributed by atoms with E-state index >= 15 is 0 Å². The number of aryl methyl sites for hydroxylation is 1. The number of nitrogens with one attached hydrogen (secondary N) is 1. The molecule has 0 amide bonds. The fourth-order valence-corrected chi connectivity index (χ4v) is 1.67. The molecule has 2 aromatic heterocycles. The van der Waals surface area contributed by atoms with E-state index in [-0.39, 0.29) is 11.7 Å². The Bertz CT molecular complexity index is 566. The number of hydrogen-bond donors (Lipinski definition) is 2. The second kappa shape index (κ2) is 4.82. The molecule has 1 atom stereocenters. The summed E-state index contributed by atoms with van der Waals surface area (Å²) in [7, 11) is 1.83. The number of pyridine rings is 1. The highest BCUT2D eigenvalue weighted by Gasteiger charge is 2.16. The fourth-order valence-electron chi connectivity index (χ4n) is 1.67. The van der Waals surface area contributed by atoms with Crippen LogP contribution in [0.5, 0.6) is 0 Å². The van der Waals surface area contributed by atoms with Gasteiger partial charge in [-0.05, 0) is 19.1 Å². The Labute approximate surface area is 104 Å². The van der Waals surface area contributed by atoms with Crippen LogP contribution in [0.15, 0.2) is 24.7 Å². The number of aromatic nitrogens is 4. The van der Waals surface area contributed by atoms with Crippen molar-refractivity contribution in [1.82, 2.24) is 19.7 Å². The lowest BCUT2D eigenvalue weighted by molar-refractivity contribution is 0.0691. The molecule has 18 heavy (non-hydrogen) atoms. The summed E-state index contributed by atoms with van der Waals surface area (Å²) < 4.78 is 1.77. The maximum absolute atomic E-state index is 11.0. The van der Waals surface area contributed by atoms with Crippen LogP contribution >= 0.6 is 0 Å². The zero-order chi connectivity index (χ0) is 13.1. The summed E-state index contributed by atoms with van der Waals surface area (Å²) in [5.74, 6) is -0.349. The summed E-state index contributed by atoms with van der Waals surface area (Å²) in [6.45, 7) is 1.88. The molecule has 0 fully saturated rings. The molecule has 7 nitrogen and oxygen atoms in total. The van der Waals surface area contributed by atoms with Gasteiger partial charge in [0.25, 0.3) is 0 Å². The molecule has 2 N–H and O–H groups in total. The van der Waals surface area contributed by atoms with E-state index in [2.05, 4.69) is 20.5 Å². The Morgan fingerprint density at radius 3 is 2.94 bits per heavy atom. The molecule has 2 heterocycles. The average molecular weight is 247 g/mol. The summed E-state index contributed by atoms with van der Waals surface area (Å²) in [6, 6.07) is 3.18. The molecule has 7 heteroatoms. The van der Waals surface area contributed by atoms with Gasteiger partial charge in [-0.1, -0.05) is 0 Å². The van der Waals surface area contributed by atoms with Crippen molar-refractivity contribution in [2.75, 3.05) is 5.32 Å². The number of nitrogens with zero attached hydrogens (tertiary/aromatic N) is 4. The normalized spacial score (nSPS) is 12.1. The molecule has 94 valence electrons. The SMILES string of the molecule is CC(Nc1cccnc1C(=O)O)c1nncn1C. The lowest BCUT2D eigenvalue weighted by Crippen LogP contribution is -2.15. The zero-order valence-corrected chi connectivity index (χ0v) is 10.0. The van der Waals surface area contributed by atoms with Gasteiger partial charge in [-0.15, -0.1) is 10.2 Å². The van der Waals surface area contributed by atoms with Gasteiger partial charge in [0.15, 0.2) is 11.5 Å². The second-order valence-electron chi connectivity index (χ2n) is 3.87. The van der Waals surface area contributed by atoms with Crippen LogP contribution in [0.2, 0.25) is 0 Å². The first-order valence-electron chi connectivity index (χ1n) is 5.38. The van der Waals surface area contributed by atoms with E-state index in [9.17, 15) is 4.79 Å². The Morgan fingerprint density at radius 1 is 1.56 bits per heavy atom. The summed E-state index contributed by atoms with van der Waals surface area (Å²) >= 11 is 0. The lowest BCUT2D eigenvalue weighted by atomic mass is 10.2. The number of carbonyl (C=O) groups is 1. The minimum atomic E-state index is -1.07. The van der Waals surface area contributed by atoms with E-state index in [0.29, 0.717) is 5.69 Å². The highest BCUT2D eigenvalue weighted by Crippen LogP contribution is 2.19. The third-order valence-electron chi connectivity index (χ3n) is 2.52. The molecular formula is C11H13N5O2. The molecule has 0 bridgehead atoms. The van der Waals surface area contributed by atoms with Crippen molar-refractivity contribution in [3.05, 3.63) is 36.2 Å². The number of rotatable bonds is 4. The van der Waals surface area contributed by atoms with Crippen molar-refractivity contribution in [3.63, 3.8) is 0 Å². The average Bonchev–Trinajstić information content (AvgIpc) is 2.76. The number of carboxylic acids is 1. The zero-order valence-electron chi connectivity index (χ0n) is 10.0. The van der Waals surface area contributed by atoms with Gasteiger partial charge in [-0.2, -0.15) is 0 Å². The van der Waals surface area contributed by atoms with Gasteiger partial charge in [0.2, 0.25) is 0 Å². The van der Waals surface area contributed by atoms with Crippen LogP contribution in [-0.2, 0) is 7.05 Å². The standard InChI is InChI=1S/C11H13N5O2/c1-7(10-15-13-6-16(10)2)14-8-4-3-5-12-9(8)11(17)18/h3-7,14H,1-2H3,(H,17,18). The quantitative estimate of drug-likeness (QED) is 0.839. The highest BCUT2D eigenvalue weighted by molar-refractivity contribution is 5.91. The van der Waals surface area contributed by atoms with Gasteiger partial charge in [-0.25, -0.2) is 9.78 Å². The van der Waals surface area contributed by atoms with E-state index in [1.54, 1.807) is 23.0 Å². The Hall–Kier alpha value is -2.44. The predicted molar refractivity (Wildman–Crippen MR) is 64.2 cm³/mol. The number of aromatic carboxylic acids is 1. The highest BCUT2D eigenvalue weighted by atomic mass is 16.4. The molecule has 2 aromatic rings. The first kappa shape index (κ1) is 12.0. The van der Waals surface area contributed by atoms with Crippen LogP contribution in [0.1, 0.15) is 29.3 Å². The van der Waals surface area contributed by atoms with Crippen LogP contribution in [-0.4, -0.2) is 30.8 Å². The van der Waals surface area contributed by atoms with Crippen LogP contribution in [0.4, 0.5) is 5.69 Å². The van der Waals surface area contributed by atoms with Crippen molar-refractivity contribution < 1.29 is 9.90 Å². The van der Waals surface area contributed by atoms with Gasteiger partial charge in [0, 0.05) is 13.2 Å². The third kappa shape index (κ3) is 2.29. The maximum Gasteiger partial charge on any atom is 0.356 e. The molecule has 0 saturated carbocycles. The first-order valence-corrected chi connectivity index (χ1v) is 5.38. The van der Waals surface area contributed by atoms with Gasteiger partial charge in [-0.3, -0.25) is 0 Å². The Morgan fingerprint density at radius 2 is 2.33 bits per heavy atom. The van der Waals surface area contributed by atoms with Crippen LogP contribution in [0.25, 0.3) is 0 Å². The number of anilines is 1. The first-order chi connectivity index (χ1) is 8.59. The summed E-state index contributed by atoms with van der Waals surface area (Å²) in [5.41, 5.74) is 0.451. The fraction of sp³-hybridized carbons (Fsp3) is 0.273. The van der Waals surface area contributed by atoms with Gasteiger partial charge >= 0.3 is 5.97 Å². The largest absolute Gasteiger partial charge is 0.476 e. The van der Waals surface area contributed by atoms with Crippen LogP contribution in [0.3, 0.4) is 0 Å². The summed E-state index contributed by atoms with van der Waals surface area (Å²) in [4.78, 5) is 14.9. The van der Waals surface area contributed by atoms with E-state index in [1.165, 1.54) is 6.20 Å². The summed E-state index contributed by atoms with van der Waals surface area (Å²) in [5, 5.41) is 19.8. The molecule has 0 spiro atoms. The van der Waals surface area contributed by atoms with Gasteiger partial charge in [0.05, 0.1) is 11.7 Å². The molecule has 0 aliphatic carbocycles. The molecule has 1 unspecified atom stereocenters. The molecule has 0 aliphatic heterocycles. The predicted octanol–water partition coefficient (Wildman–Crippen LogP) is 1.08. The van der Waals surface area contributed by atoms with Crippen LogP contribution < -0.4 is 5.32 Å². The van der Waals surface area contributed by atoms with Crippen molar-refractivity contribution in [2.45, 2.75) is 13.0 Å². The maximum atomic E-state index is 11.0. The second-order valence-corrected chi connectivity index (χ2v) is 3.87. The van der Waals surface area contributed by atoms with Crippen molar-refractivity contribution in [3.8, 4) is 0 Å². The minimum absolute atomic E-state index is 0.00785. The van der Waals surface area contributed by atoms with E-state index in [4.69, 9.17) is 5.11 Å². The third-order valence-corrected chi connectivity index (χ3v) is 2.52. The topological polar surface area (TPSA) is 92.9 Å². The monoisotopic (exact) mass is 247 g/mol. The summed E-state index contributed by atoms with van der Waals surface area (Å²) in [6.07, 6.45) is 3.04. The smallest absolute Gasteiger partial charge is 0.356 e. The van der Waals surface area contributed by atoms with E-state index in [1.807, 2.05) is 14.0 Å². The van der Waals surface area contributed by atoms with E-state index < -0.39 is 5.97 Å². The van der Waals surface area contributed by atoms with Crippen molar-refractivity contribution in [1.29, 1.82) is 0 Å². The van der Waals surface area contributed by atoms with Crippen molar-refractivity contribution >= 4 is 11.7 Å².